The lowest BCUT2D eigenvalue weighted by Gasteiger charge is -2.29. The molecule has 28 heavy (non-hydrogen) atoms. The predicted octanol–water partition coefficient (Wildman–Crippen LogP) is 1.99. The summed E-state index contributed by atoms with van der Waals surface area (Å²) in [4.78, 5) is 39.4. The summed E-state index contributed by atoms with van der Waals surface area (Å²) in [5.74, 6) is -0.970. The molecule has 1 atom stereocenters. The third kappa shape index (κ3) is 4.59. The summed E-state index contributed by atoms with van der Waals surface area (Å²) in [6, 6.07) is 4.26. The van der Waals surface area contributed by atoms with Crippen LogP contribution in [0.4, 0.5) is 11.4 Å². The van der Waals surface area contributed by atoms with Crippen molar-refractivity contribution in [2.75, 3.05) is 44.3 Å². The molecule has 2 aliphatic rings. The van der Waals surface area contributed by atoms with E-state index < -0.39 is 17.0 Å². The average Bonchev–Trinajstić information content (AvgIpc) is 2.73. The molecule has 0 aliphatic carbocycles. The van der Waals surface area contributed by atoms with Crippen LogP contribution in [0.5, 0.6) is 0 Å². The number of esters is 1. The quantitative estimate of drug-likeness (QED) is 0.430. The molecule has 0 radical (unpaired) electrons. The van der Waals surface area contributed by atoms with Gasteiger partial charge in [-0.3, -0.25) is 14.9 Å². The third-order valence-electron chi connectivity index (χ3n) is 5.06. The standard InChI is InChI=1S/C19H25N3O6/c1-14(18(23)21-7-3-2-4-8-21)28-19(24)15-5-6-16(17(13-15)22(25)26)20-9-11-27-12-10-20/h5-6,13-14H,2-4,7-12H2,1H3/t14-/m1/s1. The molecule has 2 aliphatic heterocycles. The molecule has 2 saturated heterocycles. The number of rotatable bonds is 5. The fraction of sp³-hybridized carbons (Fsp3) is 0.579. The first kappa shape index (κ1) is 20.1. The van der Waals surface area contributed by atoms with Crippen LogP contribution in [0.25, 0.3) is 0 Å². The summed E-state index contributed by atoms with van der Waals surface area (Å²) in [6.45, 7) is 4.96. The number of hydrogen-bond acceptors (Lipinski definition) is 7. The zero-order valence-electron chi connectivity index (χ0n) is 16.0. The molecule has 3 rings (SSSR count). The van der Waals surface area contributed by atoms with Crippen LogP contribution in [0.1, 0.15) is 36.5 Å². The van der Waals surface area contributed by atoms with Gasteiger partial charge >= 0.3 is 5.97 Å². The Kier molecular flexibility index (Phi) is 6.45. The second-order valence-electron chi connectivity index (χ2n) is 6.99. The number of morpholine rings is 1. The molecular formula is C19H25N3O6. The summed E-state index contributed by atoms with van der Waals surface area (Å²) in [7, 11) is 0. The molecule has 0 N–H and O–H groups in total. The number of carbonyl (C=O) groups excluding carboxylic acids is 2. The SMILES string of the molecule is C[C@@H](OC(=O)c1ccc(N2CCOCC2)c([N+](=O)[O-])c1)C(=O)N1CCCCC1. The maximum atomic E-state index is 12.5. The molecule has 0 aromatic heterocycles. The Hall–Kier alpha value is -2.68. The number of anilines is 1. The van der Waals surface area contributed by atoms with E-state index in [0.717, 1.165) is 19.3 Å². The van der Waals surface area contributed by atoms with Crippen LogP contribution in [0.2, 0.25) is 0 Å². The second-order valence-corrected chi connectivity index (χ2v) is 6.99. The van der Waals surface area contributed by atoms with Crippen LogP contribution >= 0.6 is 0 Å². The normalized spacial score (nSPS) is 18.5. The van der Waals surface area contributed by atoms with E-state index in [9.17, 15) is 19.7 Å². The first-order chi connectivity index (χ1) is 13.5. The lowest BCUT2D eigenvalue weighted by molar-refractivity contribution is -0.384. The maximum absolute atomic E-state index is 12.5. The molecule has 0 spiro atoms. The van der Waals surface area contributed by atoms with E-state index in [1.54, 1.807) is 11.0 Å². The Morgan fingerprint density at radius 2 is 1.82 bits per heavy atom. The summed E-state index contributed by atoms with van der Waals surface area (Å²) >= 11 is 0. The minimum absolute atomic E-state index is 0.0574. The molecule has 9 nitrogen and oxygen atoms in total. The van der Waals surface area contributed by atoms with Gasteiger partial charge in [0.2, 0.25) is 0 Å². The van der Waals surface area contributed by atoms with Gasteiger partial charge in [-0.15, -0.1) is 0 Å². The predicted molar refractivity (Wildman–Crippen MR) is 101 cm³/mol. The molecule has 9 heteroatoms. The van der Waals surface area contributed by atoms with Crippen LogP contribution in [0.15, 0.2) is 18.2 Å². The van der Waals surface area contributed by atoms with E-state index in [1.807, 2.05) is 4.90 Å². The Labute approximate surface area is 163 Å². The molecule has 2 fully saturated rings. The zero-order chi connectivity index (χ0) is 20.1. The molecule has 1 aromatic carbocycles. The molecule has 1 amide bonds. The molecule has 0 unspecified atom stereocenters. The van der Waals surface area contributed by atoms with Gasteiger partial charge in [0.25, 0.3) is 11.6 Å². The van der Waals surface area contributed by atoms with Gasteiger partial charge in [-0.1, -0.05) is 0 Å². The number of nitrogens with zero attached hydrogens (tertiary/aromatic N) is 3. The van der Waals surface area contributed by atoms with E-state index in [0.29, 0.717) is 45.1 Å². The van der Waals surface area contributed by atoms with E-state index in [4.69, 9.17) is 9.47 Å². The molecule has 1 aromatic rings. The molecule has 152 valence electrons. The number of nitro benzene ring substituents is 1. The van der Waals surface area contributed by atoms with Crippen molar-refractivity contribution < 1.29 is 24.0 Å². The largest absolute Gasteiger partial charge is 0.449 e. The van der Waals surface area contributed by atoms with Crippen molar-refractivity contribution >= 4 is 23.3 Å². The Morgan fingerprint density at radius 1 is 1.14 bits per heavy atom. The Bertz CT molecular complexity index is 741. The van der Waals surface area contributed by atoms with Gasteiger partial charge in [0.05, 0.1) is 23.7 Å². The van der Waals surface area contributed by atoms with Crippen molar-refractivity contribution in [3.63, 3.8) is 0 Å². The lowest BCUT2D eigenvalue weighted by atomic mass is 10.1. The summed E-state index contributed by atoms with van der Waals surface area (Å²) in [6.07, 6.45) is 2.06. The smallest absolute Gasteiger partial charge is 0.339 e. The fourth-order valence-corrected chi connectivity index (χ4v) is 3.52. The first-order valence-corrected chi connectivity index (χ1v) is 9.58. The lowest BCUT2D eigenvalue weighted by Crippen LogP contribution is -2.42. The van der Waals surface area contributed by atoms with Crippen molar-refractivity contribution in [2.45, 2.75) is 32.3 Å². The van der Waals surface area contributed by atoms with Crippen molar-refractivity contribution in [2.24, 2.45) is 0 Å². The summed E-state index contributed by atoms with van der Waals surface area (Å²) < 4.78 is 10.6. The monoisotopic (exact) mass is 391 g/mol. The molecule has 2 heterocycles. The second kappa shape index (κ2) is 9.01. The van der Waals surface area contributed by atoms with Gasteiger partial charge < -0.3 is 19.3 Å². The van der Waals surface area contributed by atoms with Gasteiger partial charge in [0, 0.05) is 32.2 Å². The van der Waals surface area contributed by atoms with Gasteiger partial charge in [-0.25, -0.2) is 4.79 Å². The number of carbonyl (C=O) groups is 2. The number of benzene rings is 1. The molecule has 0 bridgehead atoms. The number of ether oxygens (including phenoxy) is 2. The number of piperidine rings is 1. The Balaban J connectivity index is 1.71. The topological polar surface area (TPSA) is 102 Å². The van der Waals surface area contributed by atoms with Crippen molar-refractivity contribution in [1.82, 2.24) is 4.90 Å². The minimum atomic E-state index is -0.927. The highest BCUT2D eigenvalue weighted by Crippen LogP contribution is 2.30. The maximum Gasteiger partial charge on any atom is 0.339 e. The summed E-state index contributed by atoms with van der Waals surface area (Å²) in [5.41, 5.74) is 0.343. The van der Waals surface area contributed by atoms with Crippen molar-refractivity contribution in [1.29, 1.82) is 0 Å². The van der Waals surface area contributed by atoms with Gasteiger partial charge in [0.1, 0.15) is 5.69 Å². The fourth-order valence-electron chi connectivity index (χ4n) is 3.52. The third-order valence-corrected chi connectivity index (χ3v) is 5.06. The number of likely N-dealkylation sites (tertiary alicyclic amines) is 1. The number of amides is 1. The first-order valence-electron chi connectivity index (χ1n) is 9.58. The molecule has 0 saturated carbocycles. The Morgan fingerprint density at radius 3 is 2.46 bits per heavy atom. The van der Waals surface area contributed by atoms with Crippen molar-refractivity contribution in [3.05, 3.63) is 33.9 Å². The number of nitro groups is 1. The highest BCUT2D eigenvalue weighted by atomic mass is 16.6. The van der Waals surface area contributed by atoms with Gasteiger partial charge in [0.15, 0.2) is 6.10 Å². The van der Waals surface area contributed by atoms with Gasteiger partial charge in [-0.05, 0) is 38.3 Å². The molecular weight excluding hydrogens is 366 g/mol. The van der Waals surface area contributed by atoms with Crippen LogP contribution in [0.3, 0.4) is 0 Å². The van der Waals surface area contributed by atoms with Crippen LogP contribution in [-0.4, -0.2) is 67.2 Å². The zero-order valence-corrected chi connectivity index (χ0v) is 16.0. The van der Waals surface area contributed by atoms with E-state index >= 15 is 0 Å². The van der Waals surface area contributed by atoms with Crippen LogP contribution < -0.4 is 4.90 Å². The highest BCUT2D eigenvalue weighted by molar-refractivity contribution is 5.93. The summed E-state index contributed by atoms with van der Waals surface area (Å²) in [5, 5.41) is 11.5. The van der Waals surface area contributed by atoms with Crippen LogP contribution in [-0.2, 0) is 14.3 Å². The van der Waals surface area contributed by atoms with Crippen molar-refractivity contribution in [3.8, 4) is 0 Å². The van der Waals surface area contributed by atoms with E-state index in [2.05, 4.69) is 0 Å². The number of hydrogen-bond donors (Lipinski definition) is 0. The minimum Gasteiger partial charge on any atom is -0.449 e. The van der Waals surface area contributed by atoms with Gasteiger partial charge in [-0.2, -0.15) is 0 Å². The highest BCUT2D eigenvalue weighted by Gasteiger charge is 2.27. The van der Waals surface area contributed by atoms with Crippen LogP contribution in [0, 0.1) is 10.1 Å². The average molecular weight is 391 g/mol. The van der Waals surface area contributed by atoms with E-state index in [-0.39, 0.29) is 17.2 Å². The van der Waals surface area contributed by atoms with E-state index in [1.165, 1.54) is 19.1 Å².